The third-order valence-electron chi connectivity index (χ3n) is 5.09. The fourth-order valence-electron chi connectivity index (χ4n) is 3.78. The summed E-state index contributed by atoms with van der Waals surface area (Å²) in [6.45, 7) is 5.31. The van der Waals surface area contributed by atoms with Crippen molar-refractivity contribution in [1.29, 1.82) is 0 Å². The summed E-state index contributed by atoms with van der Waals surface area (Å²) in [6, 6.07) is 24.4. The Morgan fingerprint density at radius 2 is 1.63 bits per heavy atom. The van der Waals surface area contributed by atoms with Crippen molar-refractivity contribution in [1.82, 2.24) is 4.57 Å². The predicted molar refractivity (Wildman–Crippen MR) is 109 cm³/mol. The van der Waals surface area contributed by atoms with Gasteiger partial charge in [0, 0.05) is 36.5 Å². The van der Waals surface area contributed by atoms with Crippen LogP contribution in [0.1, 0.15) is 23.0 Å². The first-order chi connectivity index (χ1) is 13.2. The minimum Gasteiger partial charge on any atom is -0.340 e. The van der Waals surface area contributed by atoms with Crippen molar-refractivity contribution >= 4 is 16.7 Å². The second-order valence-corrected chi connectivity index (χ2v) is 6.74. The summed E-state index contributed by atoms with van der Waals surface area (Å²) in [4.78, 5) is 13.5. The van der Waals surface area contributed by atoms with Crippen molar-refractivity contribution in [3.8, 4) is 11.3 Å². The molecule has 0 spiro atoms. The molecule has 0 amide bonds. The molecule has 0 unspecified atom stereocenters. The van der Waals surface area contributed by atoms with Crippen LogP contribution in [0.4, 0.5) is 0 Å². The van der Waals surface area contributed by atoms with Crippen LogP contribution < -0.4 is 4.57 Å². The van der Waals surface area contributed by atoms with Crippen molar-refractivity contribution in [3.63, 3.8) is 0 Å². The highest BCUT2D eigenvalue weighted by atomic mass is 16.1. The van der Waals surface area contributed by atoms with Gasteiger partial charge < -0.3 is 4.57 Å². The number of aryl methyl sites for hydroxylation is 2. The van der Waals surface area contributed by atoms with Crippen LogP contribution in [0.2, 0.25) is 0 Å². The number of carbonyl (C=O) groups is 1. The van der Waals surface area contributed by atoms with E-state index in [1.165, 1.54) is 0 Å². The van der Waals surface area contributed by atoms with E-state index >= 15 is 0 Å². The number of carbonyl (C=O) groups excluding carboxylic acids is 1. The van der Waals surface area contributed by atoms with Crippen LogP contribution in [0.5, 0.6) is 0 Å². The maximum absolute atomic E-state index is 13.5. The fourth-order valence-corrected chi connectivity index (χ4v) is 3.78. The summed E-state index contributed by atoms with van der Waals surface area (Å²) in [7, 11) is 0. The molecule has 2 aromatic heterocycles. The Morgan fingerprint density at radius 1 is 0.926 bits per heavy atom. The third kappa shape index (κ3) is 3.06. The number of Topliss-reactive ketones (excluding diaryl/α,β-unsaturated/α-hetero) is 1. The van der Waals surface area contributed by atoms with Crippen molar-refractivity contribution in [2.45, 2.75) is 26.9 Å². The molecule has 0 bridgehead atoms. The van der Waals surface area contributed by atoms with Crippen LogP contribution >= 0.6 is 0 Å². The lowest BCUT2D eigenvalue weighted by Crippen LogP contribution is -2.40. The average molecular weight is 355 g/mol. The fraction of sp³-hybridized carbons (Fsp3) is 0.167. The van der Waals surface area contributed by atoms with Gasteiger partial charge in [-0.05, 0) is 18.6 Å². The van der Waals surface area contributed by atoms with Crippen LogP contribution in [-0.4, -0.2) is 10.4 Å². The summed E-state index contributed by atoms with van der Waals surface area (Å²) in [5, 5.41) is 1.03. The van der Waals surface area contributed by atoms with Gasteiger partial charge in [-0.15, -0.1) is 0 Å². The van der Waals surface area contributed by atoms with Gasteiger partial charge in [-0.1, -0.05) is 54.6 Å². The Morgan fingerprint density at radius 3 is 2.37 bits per heavy atom. The summed E-state index contributed by atoms with van der Waals surface area (Å²) in [5.74, 6) is 0.136. The summed E-state index contributed by atoms with van der Waals surface area (Å²) in [6.07, 6.45) is 1.97. The maximum Gasteiger partial charge on any atom is 0.230 e. The molecule has 4 rings (SSSR count). The second-order valence-electron chi connectivity index (χ2n) is 6.74. The van der Waals surface area contributed by atoms with E-state index in [4.69, 9.17) is 0 Å². The van der Waals surface area contributed by atoms with E-state index in [0.717, 1.165) is 40.0 Å². The quantitative estimate of drug-likeness (QED) is 0.373. The van der Waals surface area contributed by atoms with Gasteiger partial charge in [0.25, 0.3) is 0 Å². The number of hydrogen-bond acceptors (Lipinski definition) is 1. The standard InChI is InChI=1S/C24H23N2O/c1-3-26-21-15-8-7-14-20(21)23(24(26)19-12-5-4-6-13-19)22(27)17-25-16-10-9-11-18(25)2/h4-16H,3,17H2,1-2H3/q+1. The van der Waals surface area contributed by atoms with E-state index in [-0.39, 0.29) is 5.78 Å². The minimum absolute atomic E-state index is 0.136. The largest absolute Gasteiger partial charge is 0.340 e. The Labute approximate surface area is 159 Å². The van der Waals surface area contributed by atoms with Crippen molar-refractivity contribution in [2.24, 2.45) is 0 Å². The molecule has 0 aliphatic carbocycles. The first kappa shape index (κ1) is 17.2. The van der Waals surface area contributed by atoms with E-state index in [1.807, 2.05) is 66.2 Å². The first-order valence-electron chi connectivity index (χ1n) is 9.35. The molecule has 0 radical (unpaired) electrons. The molecule has 134 valence electrons. The van der Waals surface area contributed by atoms with E-state index in [1.54, 1.807) is 0 Å². The van der Waals surface area contributed by atoms with Gasteiger partial charge in [-0.3, -0.25) is 4.79 Å². The maximum atomic E-state index is 13.5. The van der Waals surface area contributed by atoms with Crippen LogP contribution in [0, 0.1) is 6.92 Å². The van der Waals surface area contributed by atoms with Gasteiger partial charge in [-0.25, -0.2) is 0 Å². The van der Waals surface area contributed by atoms with Gasteiger partial charge in [0.05, 0.1) is 11.3 Å². The van der Waals surface area contributed by atoms with Gasteiger partial charge in [0.15, 0.2) is 11.9 Å². The first-order valence-corrected chi connectivity index (χ1v) is 9.35. The molecule has 4 aromatic rings. The highest BCUT2D eigenvalue weighted by Gasteiger charge is 2.25. The topological polar surface area (TPSA) is 25.9 Å². The molecule has 0 fully saturated rings. The SMILES string of the molecule is CCn1c(-c2ccccc2)c(C(=O)C[n+]2ccccc2C)c2ccccc21. The molecular formula is C24H23N2O+. The van der Waals surface area contributed by atoms with E-state index in [2.05, 4.69) is 35.8 Å². The van der Waals surface area contributed by atoms with Gasteiger partial charge >= 0.3 is 0 Å². The summed E-state index contributed by atoms with van der Waals surface area (Å²) >= 11 is 0. The summed E-state index contributed by atoms with van der Waals surface area (Å²) in [5.41, 5.74) is 5.09. The molecular weight excluding hydrogens is 332 g/mol. The van der Waals surface area contributed by atoms with Crippen LogP contribution in [0.15, 0.2) is 79.0 Å². The Hall–Kier alpha value is -3.20. The third-order valence-corrected chi connectivity index (χ3v) is 5.09. The molecule has 2 aromatic carbocycles. The molecule has 3 heteroatoms. The molecule has 27 heavy (non-hydrogen) atoms. The lowest BCUT2D eigenvalue weighted by molar-refractivity contribution is -0.689. The highest BCUT2D eigenvalue weighted by molar-refractivity contribution is 6.13. The zero-order valence-corrected chi connectivity index (χ0v) is 15.7. The molecule has 0 atom stereocenters. The number of ketones is 1. The highest BCUT2D eigenvalue weighted by Crippen LogP contribution is 2.34. The number of para-hydroxylation sites is 1. The van der Waals surface area contributed by atoms with Crippen molar-refractivity contribution < 1.29 is 9.36 Å². The van der Waals surface area contributed by atoms with Gasteiger partial charge in [0.1, 0.15) is 0 Å². The Bertz CT molecular complexity index is 1110. The lowest BCUT2D eigenvalue weighted by atomic mass is 10.0. The van der Waals surface area contributed by atoms with Crippen LogP contribution in [0.3, 0.4) is 0 Å². The van der Waals surface area contributed by atoms with E-state index < -0.39 is 0 Å². The molecule has 0 aliphatic heterocycles. The number of hydrogen-bond donors (Lipinski definition) is 0. The molecule has 0 aliphatic rings. The monoisotopic (exact) mass is 355 g/mol. The van der Waals surface area contributed by atoms with E-state index in [0.29, 0.717) is 6.54 Å². The second kappa shape index (κ2) is 7.20. The molecule has 0 saturated heterocycles. The van der Waals surface area contributed by atoms with Crippen molar-refractivity contribution in [3.05, 3.63) is 90.3 Å². The molecule has 3 nitrogen and oxygen atoms in total. The predicted octanol–water partition coefficient (Wildman–Crippen LogP) is 4.81. The number of fused-ring (bicyclic) bond motifs is 1. The number of aromatic nitrogens is 2. The lowest BCUT2D eigenvalue weighted by Gasteiger charge is -2.10. The van der Waals surface area contributed by atoms with E-state index in [9.17, 15) is 4.79 Å². The Kier molecular flexibility index (Phi) is 4.59. The van der Waals surface area contributed by atoms with Gasteiger partial charge in [-0.2, -0.15) is 4.57 Å². The number of rotatable bonds is 5. The number of nitrogens with zero attached hydrogens (tertiary/aromatic N) is 2. The van der Waals surface area contributed by atoms with Crippen LogP contribution in [0.25, 0.3) is 22.2 Å². The van der Waals surface area contributed by atoms with Crippen molar-refractivity contribution in [2.75, 3.05) is 0 Å². The zero-order valence-electron chi connectivity index (χ0n) is 15.7. The number of pyridine rings is 1. The molecule has 0 N–H and O–H groups in total. The van der Waals surface area contributed by atoms with Crippen LogP contribution in [-0.2, 0) is 13.1 Å². The minimum atomic E-state index is 0.136. The van der Waals surface area contributed by atoms with Gasteiger partial charge in [0.2, 0.25) is 12.3 Å². The average Bonchev–Trinajstić information content (AvgIpc) is 3.05. The Balaban J connectivity index is 1.94. The number of benzene rings is 2. The molecule has 0 saturated carbocycles. The normalized spacial score (nSPS) is 11.0. The smallest absolute Gasteiger partial charge is 0.230 e. The molecule has 2 heterocycles. The zero-order chi connectivity index (χ0) is 18.8. The summed E-state index contributed by atoms with van der Waals surface area (Å²) < 4.78 is 4.26.